The van der Waals surface area contributed by atoms with Crippen molar-refractivity contribution in [3.05, 3.63) is 0 Å². The lowest BCUT2D eigenvalue weighted by molar-refractivity contribution is -0.262. The van der Waals surface area contributed by atoms with E-state index in [1.807, 2.05) is 0 Å². The molecule has 0 spiro atoms. The van der Waals surface area contributed by atoms with Gasteiger partial charge in [0.1, 0.15) is 6.61 Å². The van der Waals surface area contributed by atoms with Crippen LogP contribution in [0.2, 0.25) is 0 Å². The number of rotatable bonds is 1. The number of alkyl halides is 3. The van der Waals surface area contributed by atoms with Gasteiger partial charge in [0.05, 0.1) is 6.54 Å². The van der Waals surface area contributed by atoms with E-state index in [0.29, 0.717) is 0 Å². The number of halogens is 3. The molecule has 1 rings (SSSR count). The Labute approximate surface area is 61.4 Å². The Bertz CT molecular complexity index is 141. The summed E-state index contributed by atoms with van der Waals surface area (Å²) in [4.78, 5) is 4.38. The number of nitrogens with one attached hydrogen (secondary N) is 1. The Morgan fingerprint density at radius 3 is 2.36 bits per heavy atom. The van der Waals surface area contributed by atoms with Gasteiger partial charge < -0.3 is 4.74 Å². The third-order valence-corrected chi connectivity index (χ3v) is 1.67. The first-order chi connectivity index (χ1) is 5.02. The van der Waals surface area contributed by atoms with Gasteiger partial charge in [-0.2, -0.15) is 18.7 Å². The van der Waals surface area contributed by atoms with Crippen LogP contribution in [-0.2, 0) is 9.57 Å². The summed E-state index contributed by atoms with van der Waals surface area (Å²) in [6.07, 6.45) is -4.38. The summed E-state index contributed by atoms with van der Waals surface area (Å²) < 4.78 is 40.9. The fourth-order valence-corrected chi connectivity index (χ4v) is 0.815. The Morgan fingerprint density at radius 1 is 1.55 bits per heavy atom. The third kappa shape index (κ3) is 1.33. The van der Waals surface area contributed by atoms with Crippen LogP contribution in [0.4, 0.5) is 13.2 Å². The van der Waals surface area contributed by atoms with Gasteiger partial charge in [-0.3, -0.25) is 4.84 Å². The molecule has 0 aromatic rings. The second kappa shape index (κ2) is 2.62. The van der Waals surface area contributed by atoms with Gasteiger partial charge in [0.2, 0.25) is 5.60 Å². The summed E-state index contributed by atoms with van der Waals surface area (Å²) in [6.45, 7) is -0.847. The van der Waals surface area contributed by atoms with Gasteiger partial charge in [0.25, 0.3) is 0 Å². The molecule has 1 saturated heterocycles. The summed E-state index contributed by atoms with van der Waals surface area (Å²) in [5, 5.41) is 0. The Balaban J connectivity index is 2.75. The van der Waals surface area contributed by atoms with E-state index in [1.165, 1.54) is 0 Å². The van der Waals surface area contributed by atoms with E-state index in [4.69, 9.17) is 0 Å². The first kappa shape index (κ1) is 8.76. The van der Waals surface area contributed by atoms with Crippen LogP contribution in [0.1, 0.15) is 0 Å². The maximum Gasteiger partial charge on any atom is 0.421 e. The van der Waals surface area contributed by atoms with Crippen molar-refractivity contribution in [2.45, 2.75) is 11.8 Å². The monoisotopic (exact) mass is 171 g/mol. The minimum absolute atomic E-state index is 0.354. The van der Waals surface area contributed by atoms with Crippen molar-refractivity contribution < 1.29 is 22.7 Å². The molecule has 1 aliphatic heterocycles. The average molecular weight is 171 g/mol. The van der Waals surface area contributed by atoms with Crippen LogP contribution in [0.5, 0.6) is 0 Å². The number of hydrogen-bond acceptors (Lipinski definition) is 3. The minimum atomic E-state index is -4.38. The fraction of sp³-hybridized carbons (Fsp3) is 1.00. The van der Waals surface area contributed by atoms with E-state index in [0.717, 1.165) is 7.11 Å². The van der Waals surface area contributed by atoms with Crippen molar-refractivity contribution in [1.82, 2.24) is 5.48 Å². The van der Waals surface area contributed by atoms with Crippen molar-refractivity contribution in [2.24, 2.45) is 0 Å². The predicted octanol–water partition coefficient (Wildman–Crippen LogP) is 0.469. The molecule has 6 heteroatoms. The molecule has 0 amide bonds. The van der Waals surface area contributed by atoms with Gasteiger partial charge in [0.15, 0.2) is 0 Å². The molecule has 0 aromatic carbocycles. The molecule has 1 heterocycles. The van der Waals surface area contributed by atoms with Crippen LogP contribution in [0.15, 0.2) is 0 Å². The van der Waals surface area contributed by atoms with Gasteiger partial charge in [-0.05, 0) is 0 Å². The fourth-order valence-electron chi connectivity index (χ4n) is 0.815. The molecule has 0 saturated carbocycles. The van der Waals surface area contributed by atoms with Gasteiger partial charge in [0, 0.05) is 7.11 Å². The zero-order valence-electron chi connectivity index (χ0n) is 5.86. The molecule has 66 valence electrons. The van der Waals surface area contributed by atoms with E-state index in [2.05, 4.69) is 15.1 Å². The van der Waals surface area contributed by atoms with Crippen molar-refractivity contribution in [3.8, 4) is 0 Å². The molecule has 11 heavy (non-hydrogen) atoms. The molecule has 1 aliphatic rings. The van der Waals surface area contributed by atoms with Crippen LogP contribution in [0.25, 0.3) is 0 Å². The van der Waals surface area contributed by atoms with Gasteiger partial charge in [-0.25, -0.2) is 0 Å². The van der Waals surface area contributed by atoms with Crippen LogP contribution in [0, 0.1) is 0 Å². The highest BCUT2D eigenvalue weighted by molar-refractivity contribution is 4.92. The van der Waals surface area contributed by atoms with Crippen LogP contribution in [-0.4, -0.2) is 32.0 Å². The van der Waals surface area contributed by atoms with Crippen molar-refractivity contribution >= 4 is 0 Å². The number of hydroxylamine groups is 1. The van der Waals surface area contributed by atoms with Crippen LogP contribution >= 0.6 is 0 Å². The standard InChI is InChI=1S/C5H8F3NO2/c1-10-4(5(6,7)8)2-9-11-3-4/h9H,2-3H2,1H3. The maximum absolute atomic E-state index is 12.2. The highest BCUT2D eigenvalue weighted by Gasteiger charge is 2.58. The second-order valence-electron chi connectivity index (χ2n) is 2.31. The molecular formula is C5H8F3NO2. The first-order valence-electron chi connectivity index (χ1n) is 2.98. The Hall–Kier alpha value is -0.330. The quantitative estimate of drug-likeness (QED) is 0.622. The SMILES string of the molecule is COC1(C(F)(F)F)CNOC1. The first-order valence-corrected chi connectivity index (χ1v) is 2.98. The zero-order chi connectivity index (χ0) is 8.54. The normalized spacial score (nSPS) is 32.7. The van der Waals surface area contributed by atoms with Gasteiger partial charge in [-0.15, -0.1) is 0 Å². The van der Waals surface area contributed by atoms with Crippen molar-refractivity contribution in [2.75, 3.05) is 20.3 Å². The molecule has 1 atom stereocenters. The van der Waals surface area contributed by atoms with E-state index in [-0.39, 0.29) is 6.54 Å². The summed E-state index contributed by atoms with van der Waals surface area (Å²) in [5.41, 5.74) is -0.0341. The Morgan fingerprint density at radius 2 is 2.18 bits per heavy atom. The van der Waals surface area contributed by atoms with Crippen molar-refractivity contribution in [1.29, 1.82) is 0 Å². The largest absolute Gasteiger partial charge is 0.421 e. The minimum Gasteiger partial charge on any atom is -0.365 e. The molecule has 0 radical (unpaired) electrons. The number of ether oxygens (including phenoxy) is 1. The summed E-state index contributed by atoms with van der Waals surface area (Å²) in [5.74, 6) is 0. The van der Waals surface area contributed by atoms with Gasteiger partial charge in [-0.1, -0.05) is 0 Å². The lowest BCUT2D eigenvalue weighted by Gasteiger charge is -2.26. The molecule has 1 fully saturated rings. The average Bonchev–Trinajstić information content (AvgIpc) is 2.33. The van der Waals surface area contributed by atoms with Crippen LogP contribution in [0.3, 0.4) is 0 Å². The second-order valence-corrected chi connectivity index (χ2v) is 2.31. The molecule has 0 bridgehead atoms. The molecule has 1 unspecified atom stereocenters. The van der Waals surface area contributed by atoms with Crippen molar-refractivity contribution in [3.63, 3.8) is 0 Å². The smallest absolute Gasteiger partial charge is 0.365 e. The highest BCUT2D eigenvalue weighted by Crippen LogP contribution is 2.34. The van der Waals surface area contributed by atoms with E-state index in [9.17, 15) is 13.2 Å². The number of hydrogen-bond donors (Lipinski definition) is 1. The highest BCUT2D eigenvalue weighted by atomic mass is 19.4. The lowest BCUT2D eigenvalue weighted by atomic mass is 10.1. The van der Waals surface area contributed by atoms with E-state index < -0.39 is 18.4 Å². The maximum atomic E-state index is 12.2. The van der Waals surface area contributed by atoms with E-state index >= 15 is 0 Å². The summed E-state index contributed by atoms with van der Waals surface area (Å²) in [6, 6.07) is 0. The lowest BCUT2D eigenvalue weighted by Crippen LogP contribution is -2.50. The molecular weight excluding hydrogens is 163 g/mol. The van der Waals surface area contributed by atoms with Gasteiger partial charge >= 0.3 is 6.18 Å². The molecule has 1 N–H and O–H groups in total. The summed E-state index contributed by atoms with van der Waals surface area (Å²) >= 11 is 0. The predicted molar refractivity (Wildman–Crippen MR) is 29.7 cm³/mol. The van der Waals surface area contributed by atoms with E-state index in [1.54, 1.807) is 0 Å². The van der Waals surface area contributed by atoms with Crippen LogP contribution < -0.4 is 5.48 Å². The topological polar surface area (TPSA) is 30.5 Å². The third-order valence-electron chi connectivity index (χ3n) is 1.67. The molecule has 3 nitrogen and oxygen atoms in total. The zero-order valence-corrected chi connectivity index (χ0v) is 5.86. The molecule has 0 aromatic heterocycles. The number of methoxy groups -OCH3 is 1. The molecule has 0 aliphatic carbocycles. The Kier molecular flexibility index (Phi) is 2.08. The summed E-state index contributed by atoms with van der Waals surface area (Å²) in [7, 11) is 1.02.